The number of benzene rings is 2. The molecule has 0 atom stereocenters. The molecule has 148 valence electrons. The minimum Gasteiger partial charge on any atom is -0.493 e. The number of carbonyl (C=O) groups is 2. The lowest BCUT2D eigenvalue weighted by atomic mass is 10.2. The molecule has 8 heteroatoms. The Morgan fingerprint density at radius 3 is 2.61 bits per heavy atom. The topological polar surface area (TPSA) is 73.9 Å². The van der Waals surface area contributed by atoms with Gasteiger partial charge in [0.2, 0.25) is 0 Å². The van der Waals surface area contributed by atoms with Crippen LogP contribution in [0.1, 0.15) is 12.5 Å². The van der Waals surface area contributed by atoms with E-state index in [0.29, 0.717) is 23.7 Å². The predicted octanol–water partition coefficient (Wildman–Crippen LogP) is 3.57. The number of amides is 1. The van der Waals surface area contributed by atoms with Crippen LogP contribution in [0.15, 0.2) is 42.5 Å². The van der Waals surface area contributed by atoms with Crippen LogP contribution in [0.3, 0.4) is 0 Å². The van der Waals surface area contributed by atoms with Crippen LogP contribution < -0.4 is 14.8 Å². The second-order valence-corrected chi connectivity index (χ2v) is 5.46. The molecule has 0 saturated heterocycles. The summed E-state index contributed by atoms with van der Waals surface area (Å²) >= 11 is 0. The predicted molar refractivity (Wildman–Crippen MR) is 99.1 cm³/mol. The van der Waals surface area contributed by atoms with Crippen LogP contribution in [0.2, 0.25) is 0 Å². The highest BCUT2D eigenvalue weighted by Crippen LogP contribution is 2.28. The Hall–Kier alpha value is -3.42. The Kier molecular flexibility index (Phi) is 7.50. The molecule has 0 radical (unpaired) electrons. The van der Waals surface area contributed by atoms with Crippen molar-refractivity contribution in [3.63, 3.8) is 0 Å². The summed E-state index contributed by atoms with van der Waals surface area (Å²) in [4.78, 5) is 23.4. The van der Waals surface area contributed by atoms with Crippen molar-refractivity contribution in [3.05, 3.63) is 59.7 Å². The SMILES string of the molecule is CCOc1ccc(/C=C/C(=O)OCC(=O)Nc2cc(F)ccc2F)cc1OC. The van der Waals surface area contributed by atoms with Crippen molar-refractivity contribution in [1.82, 2.24) is 0 Å². The molecule has 1 N–H and O–H groups in total. The molecule has 0 spiro atoms. The second-order valence-electron chi connectivity index (χ2n) is 5.46. The largest absolute Gasteiger partial charge is 0.493 e. The molecule has 0 aliphatic rings. The zero-order chi connectivity index (χ0) is 20.5. The van der Waals surface area contributed by atoms with Crippen molar-refractivity contribution in [2.24, 2.45) is 0 Å². The average Bonchev–Trinajstić information content (AvgIpc) is 2.68. The van der Waals surface area contributed by atoms with Gasteiger partial charge in [-0.3, -0.25) is 4.79 Å². The molecule has 0 bridgehead atoms. The number of rotatable bonds is 8. The molecular weight excluding hydrogens is 372 g/mol. The first-order chi connectivity index (χ1) is 13.4. The minimum atomic E-state index is -0.801. The molecule has 0 aliphatic heterocycles. The van der Waals surface area contributed by atoms with Crippen LogP contribution in [-0.4, -0.2) is 32.2 Å². The molecule has 2 aromatic rings. The molecule has 2 aromatic carbocycles. The first-order valence-corrected chi connectivity index (χ1v) is 8.33. The lowest BCUT2D eigenvalue weighted by Crippen LogP contribution is -2.20. The summed E-state index contributed by atoms with van der Waals surface area (Å²) in [5.41, 5.74) is 0.321. The normalized spacial score (nSPS) is 10.6. The number of hydrogen-bond donors (Lipinski definition) is 1. The van der Waals surface area contributed by atoms with Crippen LogP contribution in [0.5, 0.6) is 11.5 Å². The summed E-state index contributed by atoms with van der Waals surface area (Å²) in [5.74, 6) is -2.00. The van der Waals surface area contributed by atoms with Gasteiger partial charge in [0, 0.05) is 12.1 Å². The maximum Gasteiger partial charge on any atom is 0.331 e. The number of nitrogens with one attached hydrogen (secondary N) is 1. The zero-order valence-corrected chi connectivity index (χ0v) is 15.3. The highest BCUT2D eigenvalue weighted by Gasteiger charge is 2.10. The molecule has 1 amide bonds. The Bertz CT molecular complexity index is 883. The summed E-state index contributed by atoms with van der Waals surface area (Å²) in [6, 6.07) is 7.73. The van der Waals surface area contributed by atoms with Gasteiger partial charge in [0.15, 0.2) is 18.1 Å². The van der Waals surface area contributed by atoms with Crippen molar-refractivity contribution < 1.29 is 32.6 Å². The molecule has 0 aliphatic carbocycles. The van der Waals surface area contributed by atoms with E-state index in [9.17, 15) is 18.4 Å². The molecule has 28 heavy (non-hydrogen) atoms. The van der Waals surface area contributed by atoms with E-state index in [-0.39, 0.29) is 5.69 Å². The van der Waals surface area contributed by atoms with Gasteiger partial charge in [-0.2, -0.15) is 0 Å². The fourth-order valence-corrected chi connectivity index (χ4v) is 2.19. The summed E-state index contributed by atoms with van der Waals surface area (Å²) in [7, 11) is 1.50. The first kappa shape index (κ1) is 20.9. The number of esters is 1. The van der Waals surface area contributed by atoms with Crippen LogP contribution in [-0.2, 0) is 14.3 Å². The number of hydrogen-bond acceptors (Lipinski definition) is 5. The Labute approximate surface area is 160 Å². The number of anilines is 1. The smallest absolute Gasteiger partial charge is 0.331 e. The number of methoxy groups -OCH3 is 1. The maximum atomic E-state index is 13.5. The van der Waals surface area contributed by atoms with Crippen molar-refractivity contribution in [3.8, 4) is 11.5 Å². The first-order valence-electron chi connectivity index (χ1n) is 8.33. The van der Waals surface area contributed by atoms with Gasteiger partial charge in [-0.15, -0.1) is 0 Å². The van der Waals surface area contributed by atoms with E-state index in [4.69, 9.17) is 14.2 Å². The van der Waals surface area contributed by atoms with Gasteiger partial charge in [0.25, 0.3) is 5.91 Å². The van der Waals surface area contributed by atoms with Crippen LogP contribution in [0, 0.1) is 11.6 Å². The Morgan fingerprint density at radius 1 is 1.11 bits per heavy atom. The standard InChI is InChI=1S/C20H19F2NO5/c1-3-27-17-8-4-13(10-18(17)26-2)5-9-20(25)28-12-19(24)23-16-11-14(21)6-7-15(16)22/h4-11H,3,12H2,1-2H3,(H,23,24)/b9-5+. The van der Waals surface area contributed by atoms with Crippen molar-refractivity contribution in [2.45, 2.75) is 6.92 Å². The molecule has 6 nitrogen and oxygen atoms in total. The number of ether oxygens (including phenoxy) is 3. The fourth-order valence-electron chi connectivity index (χ4n) is 2.19. The minimum absolute atomic E-state index is 0.335. The molecule has 2 rings (SSSR count). The van der Waals surface area contributed by atoms with Crippen LogP contribution in [0.25, 0.3) is 6.08 Å². The quantitative estimate of drug-likeness (QED) is 0.550. The molecule has 0 aromatic heterocycles. The summed E-state index contributed by atoms with van der Waals surface area (Å²) < 4.78 is 41.9. The van der Waals surface area contributed by atoms with Gasteiger partial charge < -0.3 is 19.5 Å². The highest BCUT2D eigenvalue weighted by molar-refractivity contribution is 5.94. The molecule has 0 unspecified atom stereocenters. The van der Waals surface area contributed by atoms with Gasteiger partial charge in [0.1, 0.15) is 11.6 Å². The fraction of sp³-hybridized carbons (Fsp3) is 0.200. The lowest BCUT2D eigenvalue weighted by Gasteiger charge is -2.09. The third-order valence-corrected chi connectivity index (χ3v) is 3.45. The summed E-state index contributed by atoms with van der Waals surface area (Å²) in [5, 5.41) is 2.13. The Morgan fingerprint density at radius 2 is 1.89 bits per heavy atom. The molecule has 0 fully saturated rings. The van der Waals surface area contributed by atoms with Crippen molar-refractivity contribution in [2.75, 3.05) is 25.6 Å². The van der Waals surface area contributed by atoms with Gasteiger partial charge >= 0.3 is 5.97 Å². The molecular formula is C20H19F2NO5. The van der Waals surface area contributed by atoms with E-state index in [0.717, 1.165) is 24.3 Å². The third-order valence-electron chi connectivity index (χ3n) is 3.45. The maximum absolute atomic E-state index is 13.5. The van der Waals surface area contributed by atoms with Crippen molar-refractivity contribution in [1.29, 1.82) is 0 Å². The van der Waals surface area contributed by atoms with Crippen molar-refractivity contribution >= 4 is 23.6 Å². The third kappa shape index (κ3) is 6.08. The highest BCUT2D eigenvalue weighted by atomic mass is 19.1. The van der Waals surface area contributed by atoms with Gasteiger partial charge in [0.05, 0.1) is 19.4 Å². The van der Waals surface area contributed by atoms with E-state index in [2.05, 4.69) is 5.32 Å². The Balaban J connectivity index is 1.89. The zero-order valence-electron chi connectivity index (χ0n) is 15.3. The summed E-state index contributed by atoms with van der Waals surface area (Å²) in [6.45, 7) is 1.69. The van der Waals surface area contributed by atoms with E-state index < -0.39 is 30.1 Å². The van der Waals surface area contributed by atoms with Gasteiger partial charge in [-0.05, 0) is 42.8 Å². The van der Waals surface area contributed by atoms with Crippen LogP contribution >= 0.6 is 0 Å². The molecule has 0 heterocycles. The van der Waals surface area contributed by atoms with E-state index in [1.54, 1.807) is 18.2 Å². The molecule has 0 saturated carbocycles. The lowest BCUT2D eigenvalue weighted by molar-refractivity contribution is -0.142. The second kappa shape index (κ2) is 10.1. The van der Waals surface area contributed by atoms with E-state index in [1.165, 1.54) is 13.2 Å². The average molecular weight is 391 g/mol. The van der Waals surface area contributed by atoms with Gasteiger partial charge in [-0.25, -0.2) is 13.6 Å². The monoisotopic (exact) mass is 391 g/mol. The van der Waals surface area contributed by atoms with Crippen LogP contribution in [0.4, 0.5) is 14.5 Å². The number of carbonyl (C=O) groups excluding carboxylic acids is 2. The van der Waals surface area contributed by atoms with Gasteiger partial charge in [-0.1, -0.05) is 6.07 Å². The van der Waals surface area contributed by atoms with E-state index >= 15 is 0 Å². The summed E-state index contributed by atoms with van der Waals surface area (Å²) in [6.07, 6.45) is 2.61. The van der Waals surface area contributed by atoms with E-state index in [1.807, 2.05) is 6.92 Å². The number of halogens is 2.